The molecule has 5 N–H and O–H groups in total. The molecular formula is C22H18F2N4O3. The lowest BCUT2D eigenvalue weighted by Crippen LogP contribution is -2.13. The van der Waals surface area contributed by atoms with Crippen LogP contribution in [0.5, 0.6) is 5.75 Å². The van der Waals surface area contributed by atoms with E-state index in [1.165, 1.54) is 30.3 Å². The quantitative estimate of drug-likeness (QED) is 0.436. The number of nitrogens with zero attached hydrogens (tertiary/aromatic N) is 1. The zero-order valence-electron chi connectivity index (χ0n) is 16.4. The molecule has 0 atom stereocenters. The van der Waals surface area contributed by atoms with Gasteiger partial charge in [0.05, 0.1) is 29.1 Å². The highest BCUT2D eigenvalue weighted by molar-refractivity contribution is 5.97. The molecule has 1 heterocycles. The Morgan fingerprint density at radius 1 is 1.03 bits per heavy atom. The normalized spacial score (nSPS) is 10.3. The van der Waals surface area contributed by atoms with E-state index < -0.39 is 17.5 Å². The van der Waals surface area contributed by atoms with E-state index in [1.54, 1.807) is 19.2 Å². The third-order valence-electron chi connectivity index (χ3n) is 4.31. The maximum Gasteiger partial charge on any atom is 0.259 e. The number of primary amides is 1. The van der Waals surface area contributed by atoms with Gasteiger partial charge in [-0.25, -0.2) is 13.8 Å². The van der Waals surface area contributed by atoms with E-state index in [0.29, 0.717) is 22.7 Å². The van der Waals surface area contributed by atoms with Crippen molar-refractivity contribution in [1.29, 1.82) is 0 Å². The summed E-state index contributed by atoms with van der Waals surface area (Å²) in [6, 6.07) is 14.7. The fourth-order valence-electron chi connectivity index (χ4n) is 2.82. The van der Waals surface area contributed by atoms with Crippen molar-refractivity contribution in [2.24, 2.45) is 5.73 Å². The van der Waals surface area contributed by atoms with Gasteiger partial charge in [-0.15, -0.1) is 0 Å². The molecule has 0 saturated carbocycles. The van der Waals surface area contributed by atoms with Crippen LogP contribution in [-0.2, 0) is 0 Å². The number of aromatic amines is 1. The molecule has 31 heavy (non-hydrogen) atoms. The minimum Gasteiger partial charge on any atom is -0.496 e. The van der Waals surface area contributed by atoms with E-state index in [2.05, 4.69) is 9.97 Å². The number of nitrogens with one attached hydrogen (secondary N) is 1. The van der Waals surface area contributed by atoms with E-state index in [-0.39, 0.29) is 22.2 Å². The summed E-state index contributed by atoms with van der Waals surface area (Å²) in [5, 5.41) is 0.226. The molecule has 158 valence electrons. The first-order chi connectivity index (χ1) is 14.8. The second-order valence-electron chi connectivity index (χ2n) is 6.37. The molecule has 7 nitrogen and oxygen atoms in total. The zero-order chi connectivity index (χ0) is 22.5. The average Bonchev–Trinajstić information content (AvgIpc) is 2.76. The van der Waals surface area contributed by atoms with E-state index >= 15 is 0 Å². The van der Waals surface area contributed by atoms with Crippen molar-refractivity contribution >= 4 is 22.5 Å². The predicted octanol–water partition coefficient (Wildman–Crippen LogP) is 3.24. The molecule has 3 aromatic carbocycles. The topological polar surface area (TPSA) is 124 Å². The minimum atomic E-state index is -0.720. The Morgan fingerprint density at radius 2 is 1.71 bits per heavy atom. The van der Waals surface area contributed by atoms with E-state index in [4.69, 9.17) is 16.2 Å². The number of fused-ring (bicyclic) bond motifs is 1. The van der Waals surface area contributed by atoms with Crippen molar-refractivity contribution in [3.05, 3.63) is 88.2 Å². The molecule has 0 aliphatic heterocycles. The van der Waals surface area contributed by atoms with Gasteiger partial charge in [0, 0.05) is 5.69 Å². The number of carbonyl (C=O) groups excluding carboxylic acids is 1. The summed E-state index contributed by atoms with van der Waals surface area (Å²) in [5.74, 6) is -0.700. The number of methoxy groups -OCH3 is 1. The molecule has 4 rings (SSSR count). The number of nitrogen functional groups attached to an aromatic ring is 1. The number of carbonyl (C=O) groups is 1. The van der Waals surface area contributed by atoms with Crippen molar-refractivity contribution in [3.63, 3.8) is 0 Å². The maximum atomic E-state index is 13.2. The van der Waals surface area contributed by atoms with Crippen molar-refractivity contribution in [2.75, 3.05) is 12.8 Å². The Labute approximate surface area is 175 Å². The number of para-hydroxylation sites is 1. The molecule has 9 heteroatoms. The number of H-pyrrole nitrogens is 1. The van der Waals surface area contributed by atoms with Gasteiger partial charge in [0.15, 0.2) is 0 Å². The molecular weight excluding hydrogens is 406 g/mol. The zero-order valence-corrected chi connectivity index (χ0v) is 16.4. The first-order valence-electron chi connectivity index (χ1n) is 8.98. The average molecular weight is 424 g/mol. The van der Waals surface area contributed by atoms with Gasteiger partial charge >= 0.3 is 0 Å². The number of hydrogen-bond donors (Lipinski definition) is 3. The van der Waals surface area contributed by atoms with Crippen LogP contribution in [0, 0.1) is 11.6 Å². The Balaban J connectivity index is 0.000000210. The number of hydrogen-bond acceptors (Lipinski definition) is 5. The van der Waals surface area contributed by atoms with Gasteiger partial charge in [-0.05, 0) is 48.5 Å². The first-order valence-corrected chi connectivity index (χ1v) is 8.98. The lowest BCUT2D eigenvalue weighted by molar-refractivity contribution is 0.100. The smallest absolute Gasteiger partial charge is 0.259 e. The number of amides is 1. The van der Waals surface area contributed by atoms with Crippen molar-refractivity contribution < 1.29 is 18.3 Å². The van der Waals surface area contributed by atoms with Gasteiger partial charge in [0.2, 0.25) is 0 Å². The van der Waals surface area contributed by atoms with Crippen LogP contribution in [0.15, 0.2) is 65.5 Å². The Hall–Kier alpha value is -4.27. The molecule has 0 fully saturated rings. The number of nitrogens with two attached hydrogens (primary N) is 2. The molecule has 0 saturated heterocycles. The van der Waals surface area contributed by atoms with E-state index in [0.717, 1.165) is 6.07 Å². The highest BCUT2D eigenvalue weighted by Gasteiger charge is 2.10. The van der Waals surface area contributed by atoms with Gasteiger partial charge in [-0.1, -0.05) is 12.1 Å². The summed E-state index contributed by atoms with van der Waals surface area (Å²) in [7, 11) is 1.55. The second-order valence-corrected chi connectivity index (χ2v) is 6.37. The predicted molar refractivity (Wildman–Crippen MR) is 114 cm³/mol. The Kier molecular flexibility index (Phi) is 6.25. The standard InChI is InChI=1S/C15H11FN2O2.C7H7FN2O/c1-20-13-5-3-2-4-10(13)14-17-12-7-6-9(16)8-11(12)15(19)18-14;8-4-1-2-6(9)5(3-4)7(10)11/h2-8H,1H3,(H,17,18,19);1-3H,9H2,(H2,10,11). The number of ether oxygens (including phenoxy) is 1. The number of aromatic nitrogens is 2. The summed E-state index contributed by atoms with van der Waals surface area (Å²) in [4.78, 5) is 29.6. The fourth-order valence-corrected chi connectivity index (χ4v) is 2.82. The van der Waals surface area contributed by atoms with Gasteiger partial charge in [-0.3, -0.25) is 9.59 Å². The summed E-state index contributed by atoms with van der Waals surface area (Å²) in [6.07, 6.45) is 0. The molecule has 1 aromatic heterocycles. The SMILES string of the molecule is COc1ccccc1-c1nc2ccc(F)cc2c(=O)[nH]1.NC(=O)c1cc(F)ccc1N. The first kappa shape index (κ1) is 21.4. The third kappa shape index (κ3) is 4.84. The van der Waals surface area contributed by atoms with Gasteiger partial charge in [0.1, 0.15) is 23.2 Å². The van der Waals surface area contributed by atoms with Gasteiger partial charge in [0.25, 0.3) is 11.5 Å². The summed E-state index contributed by atoms with van der Waals surface area (Å²) < 4.78 is 30.9. The number of benzene rings is 3. The maximum absolute atomic E-state index is 13.2. The van der Waals surface area contributed by atoms with Crippen LogP contribution in [-0.4, -0.2) is 23.0 Å². The van der Waals surface area contributed by atoms with Crippen LogP contribution >= 0.6 is 0 Å². The Morgan fingerprint density at radius 3 is 2.39 bits per heavy atom. The van der Waals surface area contributed by atoms with Crippen LogP contribution in [0.2, 0.25) is 0 Å². The minimum absolute atomic E-state index is 0.0185. The highest BCUT2D eigenvalue weighted by Crippen LogP contribution is 2.26. The molecule has 4 aromatic rings. The number of halogens is 2. The van der Waals surface area contributed by atoms with Crippen LogP contribution in [0.4, 0.5) is 14.5 Å². The number of rotatable bonds is 3. The molecule has 0 aliphatic carbocycles. The highest BCUT2D eigenvalue weighted by atomic mass is 19.1. The largest absolute Gasteiger partial charge is 0.496 e. The van der Waals surface area contributed by atoms with Crippen molar-refractivity contribution in [1.82, 2.24) is 9.97 Å². The van der Waals surface area contributed by atoms with Crippen LogP contribution in [0.1, 0.15) is 10.4 Å². The fraction of sp³-hybridized carbons (Fsp3) is 0.0455. The Bertz CT molecular complexity index is 1320. The van der Waals surface area contributed by atoms with E-state index in [1.807, 2.05) is 12.1 Å². The van der Waals surface area contributed by atoms with Gasteiger partial charge < -0.3 is 21.2 Å². The second kappa shape index (κ2) is 9.04. The third-order valence-corrected chi connectivity index (χ3v) is 4.31. The lowest BCUT2D eigenvalue weighted by Gasteiger charge is -2.08. The molecule has 0 bridgehead atoms. The van der Waals surface area contributed by atoms with Crippen molar-refractivity contribution in [3.8, 4) is 17.1 Å². The molecule has 1 amide bonds. The van der Waals surface area contributed by atoms with Gasteiger partial charge in [-0.2, -0.15) is 0 Å². The summed E-state index contributed by atoms with van der Waals surface area (Å²) in [6.45, 7) is 0. The van der Waals surface area contributed by atoms with Crippen LogP contribution < -0.4 is 21.8 Å². The lowest BCUT2D eigenvalue weighted by atomic mass is 10.1. The monoisotopic (exact) mass is 424 g/mol. The van der Waals surface area contributed by atoms with E-state index in [9.17, 15) is 18.4 Å². The molecule has 0 aliphatic rings. The summed E-state index contributed by atoms with van der Waals surface area (Å²) >= 11 is 0. The van der Waals surface area contributed by atoms with Crippen LogP contribution in [0.25, 0.3) is 22.3 Å². The molecule has 0 spiro atoms. The molecule has 0 radical (unpaired) electrons. The van der Waals surface area contributed by atoms with Crippen molar-refractivity contribution in [2.45, 2.75) is 0 Å². The number of anilines is 1. The van der Waals surface area contributed by atoms with Crippen LogP contribution in [0.3, 0.4) is 0 Å². The summed E-state index contributed by atoms with van der Waals surface area (Å²) in [5.41, 5.74) is 11.2. The molecule has 0 unspecified atom stereocenters.